The summed E-state index contributed by atoms with van der Waals surface area (Å²) in [7, 11) is 0. The second-order valence-corrected chi connectivity index (χ2v) is 7.73. The Bertz CT molecular complexity index is 724. The number of aliphatic hydroxyl groups is 1. The van der Waals surface area contributed by atoms with Crippen LogP contribution in [0.4, 0.5) is 5.69 Å². The van der Waals surface area contributed by atoms with Gasteiger partial charge in [-0.3, -0.25) is 4.90 Å². The van der Waals surface area contributed by atoms with E-state index in [0.717, 1.165) is 31.9 Å². The van der Waals surface area contributed by atoms with Crippen molar-refractivity contribution in [1.29, 1.82) is 0 Å². The van der Waals surface area contributed by atoms with Gasteiger partial charge in [-0.15, -0.1) is 0 Å². The van der Waals surface area contributed by atoms with E-state index in [9.17, 15) is 5.11 Å². The number of anilines is 1. The van der Waals surface area contributed by atoms with Crippen LogP contribution in [0.15, 0.2) is 48.5 Å². The summed E-state index contributed by atoms with van der Waals surface area (Å²) in [6.45, 7) is 11.4. The highest BCUT2D eigenvalue weighted by molar-refractivity contribution is 5.53. The molecular weight excluding hydrogens is 336 g/mol. The Labute approximate surface area is 163 Å². The predicted molar refractivity (Wildman–Crippen MR) is 112 cm³/mol. The Morgan fingerprint density at radius 2 is 1.63 bits per heavy atom. The van der Waals surface area contributed by atoms with Crippen LogP contribution < -0.4 is 9.64 Å². The van der Waals surface area contributed by atoms with Gasteiger partial charge < -0.3 is 14.7 Å². The number of piperazine rings is 1. The molecule has 0 radical (unpaired) electrons. The Kier molecular flexibility index (Phi) is 6.75. The quantitative estimate of drug-likeness (QED) is 0.809. The van der Waals surface area contributed by atoms with Gasteiger partial charge in [0.25, 0.3) is 0 Å². The van der Waals surface area contributed by atoms with Crippen molar-refractivity contribution < 1.29 is 9.84 Å². The molecule has 0 amide bonds. The van der Waals surface area contributed by atoms with Crippen LogP contribution in [-0.2, 0) is 0 Å². The molecule has 2 aromatic carbocycles. The van der Waals surface area contributed by atoms with Crippen LogP contribution >= 0.6 is 0 Å². The van der Waals surface area contributed by atoms with Crippen molar-refractivity contribution in [2.24, 2.45) is 0 Å². The molecular formula is C23H32N2O2. The molecule has 1 N–H and O–H groups in total. The molecule has 0 aliphatic carbocycles. The molecule has 2 aromatic rings. The number of β-amino-alcohol motifs (C(OH)–C–C–N with tert-alkyl or cyclic N) is 1. The monoisotopic (exact) mass is 368 g/mol. The molecule has 0 saturated carbocycles. The molecule has 1 saturated heterocycles. The van der Waals surface area contributed by atoms with Gasteiger partial charge in [0.05, 0.1) is 0 Å². The van der Waals surface area contributed by atoms with E-state index in [-0.39, 0.29) is 0 Å². The van der Waals surface area contributed by atoms with Gasteiger partial charge in [-0.05, 0) is 36.1 Å². The number of hydrogen-bond acceptors (Lipinski definition) is 4. The number of rotatable bonds is 7. The summed E-state index contributed by atoms with van der Waals surface area (Å²) >= 11 is 0. The first-order valence-corrected chi connectivity index (χ1v) is 9.97. The molecule has 1 fully saturated rings. The largest absolute Gasteiger partial charge is 0.491 e. The van der Waals surface area contributed by atoms with Crippen molar-refractivity contribution >= 4 is 5.69 Å². The predicted octanol–water partition coefficient (Wildman–Crippen LogP) is 3.68. The first-order valence-electron chi connectivity index (χ1n) is 9.97. The van der Waals surface area contributed by atoms with Gasteiger partial charge in [-0.25, -0.2) is 0 Å². The molecule has 0 spiro atoms. The number of hydrogen-bond donors (Lipinski definition) is 1. The number of ether oxygens (including phenoxy) is 1. The standard InChI is InChI=1S/C23H32N2O2/c1-18(2)21-9-5-7-11-23(21)27-17-20(26)16-24-12-14-25(15-13-24)22-10-6-4-8-19(22)3/h4-11,18,20,26H,12-17H2,1-3H3. The third-order valence-corrected chi connectivity index (χ3v) is 5.27. The second-order valence-electron chi connectivity index (χ2n) is 7.73. The SMILES string of the molecule is Cc1ccccc1N1CCN(CC(O)COc2ccccc2C(C)C)CC1. The van der Waals surface area contributed by atoms with Crippen molar-refractivity contribution in [3.05, 3.63) is 59.7 Å². The van der Waals surface area contributed by atoms with Crippen molar-refractivity contribution in [1.82, 2.24) is 4.90 Å². The minimum Gasteiger partial charge on any atom is -0.491 e. The lowest BCUT2D eigenvalue weighted by Gasteiger charge is -2.37. The van der Waals surface area contributed by atoms with Gasteiger partial charge in [-0.2, -0.15) is 0 Å². The molecule has 146 valence electrons. The summed E-state index contributed by atoms with van der Waals surface area (Å²) in [6, 6.07) is 16.6. The van der Waals surface area contributed by atoms with Crippen LogP contribution in [0.2, 0.25) is 0 Å². The number of aryl methyl sites for hydroxylation is 1. The third-order valence-electron chi connectivity index (χ3n) is 5.27. The van der Waals surface area contributed by atoms with Crippen molar-refractivity contribution in [2.45, 2.75) is 32.8 Å². The van der Waals surface area contributed by atoms with Crippen LogP contribution in [0.3, 0.4) is 0 Å². The van der Waals surface area contributed by atoms with E-state index < -0.39 is 6.10 Å². The van der Waals surface area contributed by atoms with Crippen LogP contribution in [0.5, 0.6) is 5.75 Å². The second kappa shape index (κ2) is 9.25. The first-order chi connectivity index (χ1) is 13.0. The fraction of sp³-hybridized carbons (Fsp3) is 0.478. The Morgan fingerprint density at radius 1 is 0.963 bits per heavy atom. The van der Waals surface area contributed by atoms with E-state index >= 15 is 0 Å². The first kappa shape index (κ1) is 19.7. The van der Waals surface area contributed by atoms with Gasteiger partial charge >= 0.3 is 0 Å². The fourth-order valence-corrected chi connectivity index (χ4v) is 3.72. The van der Waals surface area contributed by atoms with E-state index in [2.05, 4.69) is 60.9 Å². The lowest BCUT2D eigenvalue weighted by molar-refractivity contribution is 0.0659. The lowest BCUT2D eigenvalue weighted by atomic mass is 10.0. The van der Waals surface area contributed by atoms with Gasteiger partial charge in [0, 0.05) is 38.4 Å². The van der Waals surface area contributed by atoms with Crippen LogP contribution in [0.1, 0.15) is 30.9 Å². The molecule has 4 heteroatoms. The number of aliphatic hydroxyl groups excluding tert-OH is 1. The van der Waals surface area contributed by atoms with E-state index in [0.29, 0.717) is 19.1 Å². The normalized spacial score (nSPS) is 16.6. The van der Waals surface area contributed by atoms with E-state index in [1.165, 1.54) is 16.8 Å². The minimum atomic E-state index is -0.477. The molecule has 1 aliphatic rings. The number of para-hydroxylation sites is 2. The molecule has 1 heterocycles. The van der Waals surface area contributed by atoms with Crippen LogP contribution in [0.25, 0.3) is 0 Å². The number of benzene rings is 2. The Hall–Kier alpha value is -2.04. The van der Waals surface area contributed by atoms with Gasteiger partial charge in [0.1, 0.15) is 18.5 Å². The molecule has 27 heavy (non-hydrogen) atoms. The molecule has 0 aromatic heterocycles. The average Bonchev–Trinajstić information content (AvgIpc) is 2.68. The molecule has 1 aliphatic heterocycles. The molecule has 1 unspecified atom stereocenters. The minimum absolute atomic E-state index is 0.335. The number of nitrogens with zero attached hydrogens (tertiary/aromatic N) is 2. The topological polar surface area (TPSA) is 35.9 Å². The zero-order valence-corrected chi connectivity index (χ0v) is 16.8. The maximum atomic E-state index is 10.4. The van der Waals surface area contributed by atoms with E-state index in [4.69, 9.17) is 4.74 Å². The van der Waals surface area contributed by atoms with Crippen LogP contribution in [-0.4, -0.2) is 55.4 Å². The van der Waals surface area contributed by atoms with Crippen LogP contribution in [0, 0.1) is 6.92 Å². The summed E-state index contributed by atoms with van der Waals surface area (Å²) < 4.78 is 5.92. The highest BCUT2D eigenvalue weighted by atomic mass is 16.5. The zero-order valence-electron chi connectivity index (χ0n) is 16.8. The van der Waals surface area contributed by atoms with E-state index in [1.54, 1.807) is 0 Å². The van der Waals surface area contributed by atoms with Gasteiger partial charge in [-0.1, -0.05) is 50.2 Å². The van der Waals surface area contributed by atoms with Crippen molar-refractivity contribution in [3.8, 4) is 5.75 Å². The summed E-state index contributed by atoms with van der Waals surface area (Å²) in [5, 5.41) is 10.4. The summed E-state index contributed by atoms with van der Waals surface area (Å²) in [6.07, 6.45) is -0.477. The third kappa shape index (κ3) is 5.24. The highest BCUT2D eigenvalue weighted by Gasteiger charge is 2.20. The van der Waals surface area contributed by atoms with Gasteiger partial charge in [0.2, 0.25) is 0 Å². The zero-order chi connectivity index (χ0) is 19.2. The van der Waals surface area contributed by atoms with E-state index in [1.807, 2.05) is 18.2 Å². The van der Waals surface area contributed by atoms with Gasteiger partial charge in [0.15, 0.2) is 0 Å². The Balaban J connectivity index is 1.46. The molecule has 0 bridgehead atoms. The lowest BCUT2D eigenvalue weighted by Crippen LogP contribution is -2.49. The summed E-state index contributed by atoms with van der Waals surface area (Å²) in [5.74, 6) is 1.30. The van der Waals surface area contributed by atoms with Crippen molar-refractivity contribution in [3.63, 3.8) is 0 Å². The van der Waals surface area contributed by atoms with Crippen molar-refractivity contribution in [2.75, 3.05) is 44.2 Å². The Morgan fingerprint density at radius 3 is 2.33 bits per heavy atom. The molecule has 1 atom stereocenters. The smallest absolute Gasteiger partial charge is 0.122 e. The maximum absolute atomic E-state index is 10.4. The summed E-state index contributed by atoms with van der Waals surface area (Å²) in [4.78, 5) is 4.77. The molecule has 3 rings (SSSR count). The fourth-order valence-electron chi connectivity index (χ4n) is 3.72. The summed E-state index contributed by atoms with van der Waals surface area (Å²) in [5.41, 5.74) is 3.84. The average molecular weight is 369 g/mol. The maximum Gasteiger partial charge on any atom is 0.122 e. The highest BCUT2D eigenvalue weighted by Crippen LogP contribution is 2.26. The molecule has 4 nitrogen and oxygen atoms in total.